The zero-order valence-electron chi connectivity index (χ0n) is 16.4. The van der Waals surface area contributed by atoms with E-state index in [1.54, 1.807) is 0 Å². The molecule has 1 amide bonds. The predicted molar refractivity (Wildman–Crippen MR) is 111 cm³/mol. The highest BCUT2D eigenvalue weighted by atomic mass is 35.5. The molecular formula is C19H39Cl2N3O. The first-order chi connectivity index (χ1) is 11.0. The SMILES string of the molecule is CCN(CC)C(CNC(=O)CC1CC2CCC(C1)N2)CC(C)C.Cl.Cl. The lowest BCUT2D eigenvalue weighted by atomic mass is 9.89. The van der Waals surface area contributed by atoms with Gasteiger partial charge in [-0.25, -0.2) is 0 Å². The highest BCUT2D eigenvalue weighted by Crippen LogP contribution is 2.32. The maximum atomic E-state index is 12.4. The molecule has 2 fully saturated rings. The number of amides is 1. The van der Waals surface area contributed by atoms with Gasteiger partial charge in [0.2, 0.25) is 5.91 Å². The molecule has 2 bridgehead atoms. The van der Waals surface area contributed by atoms with Crippen molar-refractivity contribution in [2.24, 2.45) is 11.8 Å². The van der Waals surface area contributed by atoms with E-state index < -0.39 is 0 Å². The Kier molecular flexibility index (Phi) is 12.4. The number of nitrogens with zero attached hydrogens (tertiary/aromatic N) is 1. The number of rotatable bonds is 9. The Morgan fingerprint density at radius 3 is 2.16 bits per heavy atom. The minimum atomic E-state index is 0. The third-order valence-corrected chi connectivity index (χ3v) is 5.65. The first kappa shape index (κ1) is 25.0. The van der Waals surface area contributed by atoms with Gasteiger partial charge in [0, 0.05) is 31.1 Å². The zero-order chi connectivity index (χ0) is 16.8. The quantitative estimate of drug-likeness (QED) is 0.626. The molecule has 25 heavy (non-hydrogen) atoms. The number of carbonyl (C=O) groups is 1. The number of halogens is 2. The summed E-state index contributed by atoms with van der Waals surface area (Å²) in [6, 6.07) is 1.82. The normalized spacial score (nSPS) is 26.1. The van der Waals surface area contributed by atoms with Crippen LogP contribution in [0, 0.1) is 11.8 Å². The molecule has 2 rings (SSSR count). The fraction of sp³-hybridized carbons (Fsp3) is 0.947. The lowest BCUT2D eigenvalue weighted by Crippen LogP contribution is -2.45. The first-order valence-electron chi connectivity index (χ1n) is 9.78. The van der Waals surface area contributed by atoms with Gasteiger partial charge in [-0.1, -0.05) is 27.7 Å². The van der Waals surface area contributed by atoms with Crippen molar-refractivity contribution in [2.45, 2.75) is 84.3 Å². The van der Waals surface area contributed by atoms with Gasteiger partial charge in [-0.05, 0) is 57.0 Å². The van der Waals surface area contributed by atoms with Crippen LogP contribution in [0.4, 0.5) is 0 Å². The molecule has 6 heteroatoms. The van der Waals surface area contributed by atoms with Crippen molar-refractivity contribution >= 4 is 30.7 Å². The number of nitrogens with one attached hydrogen (secondary N) is 2. The number of hydrogen-bond donors (Lipinski definition) is 2. The molecule has 3 atom stereocenters. The molecule has 0 spiro atoms. The third-order valence-electron chi connectivity index (χ3n) is 5.65. The zero-order valence-corrected chi connectivity index (χ0v) is 18.1. The van der Waals surface area contributed by atoms with Crippen molar-refractivity contribution in [1.29, 1.82) is 0 Å². The maximum Gasteiger partial charge on any atom is 0.220 e. The van der Waals surface area contributed by atoms with E-state index in [0.29, 0.717) is 30.0 Å². The van der Waals surface area contributed by atoms with Gasteiger partial charge in [0.1, 0.15) is 0 Å². The minimum absolute atomic E-state index is 0. The van der Waals surface area contributed by atoms with Crippen molar-refractivity contribution in [3.8, 4) is 0 Å². The molecule has 3 unspecified atom stereocenters. The largest absolute Gasteiger partial charge is 0.355 e. The van der Waals surface area contributed by atoms with Crippen LogP contribution in [0.3, 0.4) is 0 Å². The van der Waals surface area contributed by atoms with Crippen LogP contribution in [0.15, 0.2) is 0 Å². The molecule has 150 valence electrons. The molecule has 0 saturated carbocycles. The van der Waals surface area contributed by atoms with Gasteiger partial charge >= 0.3 is 0 Å². The van der Waals surface area contributed by atoms with Crippen molar-refractivity contribution in [3.63, 3.8) is 0 Å². The van der Waals surface area contributed by atoms with E-state index in [2.05, 4.69) is 43.2 Å². The Morgan fingerprint density at radius 2 is 1.68 bits per heavy atom. The highest BCUT2D eigenvalue weighted by Gasteiger charge is 2.34. The number of carbonyl (C=O) groups excluding carboxylic acids is 1. The summed E-state index contributed by atoms with van der Waals surface area (Å²) in [5.74, 6) is 1.51. The Balaban J connectivity index is 0.00000288. The van der Waals surface area contributed by atoms with E-state index in [9.17, 15) is 4.79 Å². The summed E-state index contributed by atoms with van der Waals surface area (Å²) < 4.78 is 0. The van der Waals surface area contributed by atoms with Gasteiger partial charge in [0.25, 0.3) is 0 Å². The summed E-state index contributed by atoms with van der Waals surface area (Å²) >= 11 is 0. The highest BCUT2D eigenvalue weighted by molar-refractivity contribution is 5.85. The summed E-state index contributed by atoms with van der Waals surface area (Å²) in [6.07, 6.45) is 6.87. The Labute approximate surface area is 167 Å². The van der Waals surface area contributed by atoms with Gasteiger partial charge in [-0.15, -0.1) is 24.8 Å². The van der Waals surface area contributed by atoms with Gasteiger partial charge in [0.05, 0.1) is 0 Å². The Bertz CT molecular complexity index is 366. The standard InChI is InChI=1S/C19H37N3O.2ClH/c1-5-22(6-2)18(9-14(3)4)13-20-19(23)12-15-10-16-7-8-17(11-15)21-16;;/h14-18,21H,5-13H2,1-4H3,(H,20,23);2*1H. The van der Waals surface area contributed by atoms with Crippen LogP contribution in [0.25, 0.3) is 0 Å². The van der Waals surface area contributed by atoms with Gasteiger partial charge < -0.3 is 10.6 Å². The monoisotopic (exact) mass is 395 g/mol. The number of piperidine rings is 1. The van der Waals surface area contributed by atoms with Gasteiger partial charge in [-0.3, -0.25) is 9.69 Å². The summed E-state index contributed by atoms with van der Waals surface area (Å²) in [7, 11) is 0. The van der Waals surface area contributed by atoms with Crippen molar-refractivity contribution in [2.75, 3.05) is 19.6 Å². The fourth-order valence-corrected chi connectivity index (χ4v) is 4.55. The summed E-state index contributed by atoms with van der Waals surface area (Å²) in [5.41, 5.74) is 0. The number of hydrogen-bond acceptors (Lipinski definition) is 3. The van der Waals surface area contributed by atoms with Crippen molar-refractivity contribution < 1.29 is 4.79 Å². The molecule has 2 saturated heterocycles. The van der Waals surface area contributed by atoms with Gasteiger partial charge in [-0.2, -0.15) is 0 Å². The average molecular weight is 396 g/mol. The second-order valence-corrected chi connectivity index (χ2v) is 7.99. The molecule has 0 aromatic carbocycles. The van der Waals surface area contributed by atoms with E-state index >= 15 is 0 Å². The second-order valence-electron chi connectivity index (χ2n) is 7.99. The molecule has 4 nitrogen and oxygen atoms in total. The molecule has 2 heterocycles. The molecular weight excluding hydrogens is 357 g/mol. The van der Waals surface area contributed by atoms with E-state index in [1.807, 2.05) is 0 Å². The number of likely N-dealkylation sites (N-methyl/N-ethyl adjacent to an activating group) is 1. The fourth-order valence-electron chi connectivity index (χ4n) is 4.55. The van der Waals surface area contributed by atoms with E-state index in [0.717, 1.165) is 32.5 Å². The topological polar surface area (TPSA) is 44.4 Å². The molecule has 0 radical (unpaired) electrons. The summed E-state index contributed by atoms with van der Waals surface area (Å²) in [6.45, 7) is 11.9. The van der Waals surface area contributed by atoms with Crippen LogP contribution in [0.1, 0.15) is 66.2 Å². The second kappa shape index (κ2) is 12.4. The maximum absolute atomic E-state index is 12.4. The molecule has 0 aromatic rings. The van der Waals surface area contributed by atoms with Crippen molar-refractivity contribution in [3.05, 3.63) is 0 Å². The smallest absolute Gasteiger partial charge is 0.220 e. The predicted octanol–water partition coefficient (Wildman–Crippen LogP) is 3.62. The van der Waals surface area contributed by atoms with Crippen LogP contribution in [0.2, 0.25) is 0 Å². The van der Waals surface area contributed by atoms with Crippen LogP contribution in [-0.4, -0.2) is 48.6 Å². The van der Waals surface area contributed by atoms with Crippen molar-refractivity contribution in [1.82, 2.24) is 15.5 Å². The molecule has 0 aromatic heterocycles. The lowest BCUT2D eigenvalue weighted by molar-refractivity contribution is -0.122. The molecule has 2 aliphatic rings. The molecule has 2 N–H and O–H groups in total. The third kappa shape index (κ3) is 8.03. The molecule has 0 aliphatic carbocycles. The van der Waals surface area contributed by atoms with Gasteiger partial charge in [0.15, 0.2) is 0 Å². The lowest BCUT2D eigenvalue weighted by Gasteiger charge is -2.32. The Hall–Kier alpha value is -0.0300. The average Bonchev–Trinajstić information content (AvgIpc) is 2.84. The van der Waals surface area contributed by atoms with E-state index in [4.69, 9.17) is 0 Å². The van der Waals surface area contributed by atoms with E-state index in [-0.39, 0.29) is 30.7 Å². The first-order valence-corrected chi connectivity index (χ1v) is 9.78. The van der Waals surface area contributed by atoms with Crippen LogP contribution < -0.4 is 10.6 Å². The van der Waals surface area contributed by atoms with Crippen LogP contribution in [0.5, 0.6) is 0 Å². The van der Waals surface area contributed by atoms with Crippen LogP contribution in [-0.2, 0) is 4.79 Å². The Morgan fingerprint density at radius 1 is 1.12 bits per heavy atom. The molecule has 2 aliphatic heterocycles. The summed E-state index contributed by atoms with van der Waals surface area (Å²) in [5, 5.41) is 6.89. The van der Waals surface area contributed by atoms with E-state index in [1.165, 1.54) is 25.7 Å². The summed E-state index contributed by atoms with van der Waals surface area (Å²) in [4.78, 5) is 14.9. The minimum Gasteiger partial charge on any atom is -0.355 e. The van der Waals surface area contributed by atoms with Crippen LogP contribution >= 0.6 is 24.8 Å². The number of fused-ring (bicyclic) bond motifs is 2.